The summed E-state index contributed by atoms with van der Waals surface area (Å²) in [6.07, 6.45) is 0. The number of alkyl halides is 1. The van der Waals surface area contributed by atoms with Crippen molar-refractivity contribution in [3.63, 3.8) is 0 Å². The van der Waals surface area contributed by atoms with Crippen molar-refractivity contribution in [3.05, 3.63) is 0 Å². The highest BCUT2D eigenvalue weighted by Crippen LogP contribution is 1.85. The second-order valence-electron chi connectivity index (χ2n) is 0.509. The van der Waals surface area contributed by atoms with Gasteiger partial charge in [-0.25, -0.2) is 0 Å². The van der Waals surface area contributed by atoms with Gasteiger partial charge in [-0.1, -0.05) is 28.1 Å². The highest BCUT2D eigenvalue weighted by atomic mass is 79.9. The fourth-order valence-corrected chi connectivity index (χ4v) is 0. The molecule has 0 bridgehead atoms. The van der Waals surface area contributed by atoms with Gasteiger partial charge in [0, 0.05) is 5.37 Å². The van der Waals surface area contributed by atoms with Crippen molar-refractivity contribution in [1.29, 1.82) is 0 Å². The topological polar surface area (TPSA) is 20.2 Å². The van der Waals surface area contributed by atoms with Crippen molar-refractivity contribution in [1.82, 2.24) is 0 Å². The molecule has 0 fully saturated rings. The van der Waals surface area contributed by atoms with Gasteiger partial charge in [-0.2, -0.15) is 0 Å². The monoisotopic (exact) mass is 154 g/mol. The lowest BCUT2D eigenvalue weighted by Gasteiger charge is -1.80. The molecule has 0 rings (SSSR count). The molecule has 0 aromatic heterocycles. The van der Waals surface area contributed by atoms with E-state index in [1.165, 1.54) is 5.37 Å². The van der Waals surface area contributed by atoms with Gasteiger partial charge >= 0.3 is 0 Å². The molecule has 0 heterocycles. The maximum Gasteiger partial charge on any atom is 0.137 e. The minimum absolute atomic E-state index is 0.613. The van der Waals surface area contributed by atoms with Crippen LogP contribution in [0.4, 0.5) is 0 Å². The summed E-state index contributed by atoms with van der Waals surface area (Å²) in [4.78, 5) is 0. The third-order valence-electron chi connectivity index (χ3n) is 0.112. The van der Waals surface area contributed by atoms with Gasteiger partial charge in [-0.05, 0) is 0 Å². The van der Waals surface area contributed by atoms with Crippen molar-refractivity contribution in [2.24, 2.45) is 0 Å². The van der Waals surface area contributed by atoms with E-state index in [-0.39, 0.29) is 0 Å². The molecule has 5 heavy (non-hydrogen) atoms. The van der Waals surface area contributed by atoms with Crippen LogP contribution >= 0.6 is 28.1 Å². The van der Waals surface area contributed by atoms with Crippen LogP contribution < -0.4 is 0 Å². The van der Waals surface area contributed by atoms with Crippen LogP contribution in [0.5, 0.6) is 0 Å². The van der Waals surface area contributed by atoms with Gasteiger partial charge in [-0.15, -0.1) is 0 Å². The number of hydrogen-bond acceptors (Lipinski definition) is 2. The summed E-state index contributed by atoms with van der Waals surface area (Å²) in [6, 6.07) is 0. The first-order valence-corrected chi connectivity index (χ1v) is 2.43. The second kappa shape index (κ2) is 2.75. The van der Waals surface area contributed by atoms with Crippen LogP contribution in [-0.4, -0.2) is 15.5 Å². The molecule has 1 atom stereocenters. The van der Waals surface area contributed by atoms with Crippen LogP contribution in [0, 0.1) is 0 Å². The Balaban J connectivity index is 2.83. The summed E-state index contributed by atoms with van der Waals surface area (Å²) in [5.74, 6) is 0. The Labute approximate surface area is 44.1 Å². The zero-order valence-corrected chi connectivity index (χ0v) is 4.79. The Morgan fingerprint density at radius 1 is 2.00 bits per heavy atom. The van der Waals surface area contributed by atoms with E-state index >= 15 is 0 Å². The Hall–Kier alpha value is 0.530. The van der Waals surface area contributed by atoms with Crippen molar-refractivity contribution < 1.29 is 5.11 Å². The number of hydrogen-bond donors (Lipinski definition) is 1. The summed E-state index contributed by atoms with van der Waals surface area (Å²) < 4.78 is 0. The van der Waals surface area contributed by atoms with Gasteiger partial charge in [-0.3, -0.25) is 0 Å². The first-order chi connectivity index (χ1) is 2.27. The highest BCUT2D eigenvalue weighted by Gasteiger charge is 1.80. The molecule has 30 valence electrons. The summed E-state index contributed by atoms with van der Waals surface area (Å²) in [5, 5.41) is 8.73. The normalized spacial score (nSPS) is 14.0. The van der Waals surface area contributed by atoms with Gasteiger partial charge in [0.2, 0.25) is 0 Å². The van der Waals surface area contributed by atoms with E-state index in [1.807, 2.05) is 0 Å². The van der Waals surface area contributed by atoms with Crippen molar-refractivity contribution in [2.75, 3.05) is 0 Å². The van der Waals surface area contributed by atoms with E-state index in [9.17, 15) is 0 Å². The first-order valence-electron chi connectivity index (χ1n) is 1.05. The summed E-state index contributed by atoms with van der Waals surface area (Å²) in [5.41, 5.74) is 0. The van der Waals surface area contributed by atoms with Crippen LogP contribution in [0.15, 0.2) is 0 Å². The van der Waals surface area contributed by atoms with Crippen LogP contribution in [0.25, 0.3) is 0 Å². The van der Waals surface area contributed by atoms with Crippen molar-refractivity contribution >= 4 is 33.5 Å². The van der Waals surface area contributed by atoms with Gasteiger partial charge in [0.15, 0.2) is 0 Å². The molecule has 0 saturated carbocycles. The fraction of sp³-hybridized carbons (Fsp3) is 0.500. The third kappa shape index (κ3) is 4.53. The molecule has 1 unspecified atom stereocenters. The largest absolute Gasteiger partial charge is 0.377 e. The van der Waals surface area contributed by atoms with Gasteiger partial charge in [0.25, 0.3) is 0 Å². The smallest absolute Gasteiger partial charge is 0.137 e. The number of thiocarbonyl (C=S) groups is 1. The van der Waals surface area contributed by atoms with Crippen LogP contribution in [0.2, 0.25) is 0 Å². The molecular weight excluding hydrogens is 152 g/mol. The molecule has 1 nitrogen and oxygen atoms in total. The Kier molecular flexibility index (Phi) is 3.04. The maximum absolute atomic E-state index is 8.12. The summed E-state index contributed by atoms with van der Waals surface area (Å²) in [6.45, 7) is 0. The molecule has 0 amide bonds. The minimum Gasteiger partial charge on any atom is -0.377 e. The lowest BCUT2D eigenvalue weighted by molar-refractivity contribution is 0.338. The van der Waals surface area contributed by atoms with Crippen LogP contribution in [-0.2, 0) is 0 Å². The Morgan fingerprint density at radius 2 is 2.20 bits per heavy atom. The average molecular weight is 155 g/mol. The number of halogens is 1. The second-order valence-corrected chi connectivity index (χ2v) is 1.72. The predicted molar refractivity (Wildman–Crippen MR) is 28.6 cm³/mol. The van der Waals surface area contributed by atoms with Gasteiger partial charge in [0.1, 0.15) is 5.01 Å². The molecule has 1 N–H and O–H groups in total. The SMILES string of the molecule is OC(Br)C=S. The van der Waals surface area contributed by atoms with E-state index in [2.05, 4.69) is 28.1 Å². The number of aliphatic hydroxyl groups excluding tert-OH is 1. The molecule has 0 radical (unpaired) electrons. The molecule has 0 saturated heterocycles. The zero-order valence-electron chi connectivity index (χ0n) is 2.39. The zero-order chi connectivity index (χ0) is 4.28. The van der Waals surface area contributed by atoms with E-state index in [0.717, 1.165) is 0 Å². The molecular formula is C2H3BrOS. The molecule has 0 aliphatic rings. The van der Waals surface area contributed by atoms with E-state index in [4.69, 9.17) is 5.11 Å². The average Bonchev–Trinajstić information content (AvgIpc) is 1.38. The third-order valence-corrected chi connectivity index (χ3v) is 0.984. The minimum atomic E-state index is -0.613. The number of aliphatic hydroxyl groups is 1. The van der Waals surface area contributed by atoms with Gasteiger partial charge in [0.05, 0.1) is 0 Å². The summed E-state index contributed by atoms with van der Waals surface area (Å²) >= 11 is 7.02. The lowest BCUT2D eigenvalue weighted by Crippen LogP contribution is -1.90. The van der Waals surface area contributed by atoms with Crippen LogP contribution in [0.1, 0.15) is 0 Å². The predicted octanol–water partition coefficient (Wildman–Crippen LogP) is 0.699. The summed E-state index contributed by atoms with van der Waals surface area (Å²) in [7, 11) is 0. The quantitative estimate of drug-likeness (QED) is 0.444. The Morgan fingerprint density at radius 3 is 2.20 bits per heavy atom. The standard InChI is InChI=1S/C2H3BrOS/c3-2(4)1-5/h1-2,4H. The van der Waals surface area contributed by atoms with E-state index < -0.39 is 5.01 Å². The van der Waals surface area contributed by atoms with Crippen LogP contribution in [0.3, 0.4) is 0 Å². The molecule has 0 aromatic carbocycles. The molecule has 0 aliphatic heterocycles. The number of rotatable bonds is 1. The highest BCUT2D eigenvalue weighted by molar-refractivity contribution is 9.09. The van der Waals surface area contributed by atoms with Gasteiger partial charge < -0.3 is 5.11 Å². The molecule has 0 spiro atoms. The first kappa shape index (κ1) is 5.53. The molecule has 0 aromatic rings. The molecule has 3 heteroatoms. The Bertz CT molecular complexity index is 36.6. The van der Waals surface area contributed by atoms with E-state index in [1.54, 1.807) is 0 Å². The van der Waals surface area contributed by atoms with E-state index in [0.29, 0.717) is 0 Å². The van der Waals surface area contributed by atoms with Crippen molar-refractivity contribution in [2.45, 2.75) is 5.01 Å². The molecule has 0 aliphatic carbocycles. The maximum atomic E-state index is 8.12. The van der Waals surface area contributed by atoms with Crippen molar-refractivity contribution in [3.8, 4) is 0 Å². The fourth-order valence-electron chi connectivity index (χ4n) is 0. The lowest BCUT2D eigenvalue weighted by atomic mass is 10.9.